The van der Waals surface area contributed by atoms with E-state index >= 15 is 0 Å². The smallest absolute Gasteiger partial charge is 0.489 e. The van der Waals surface area contributed by atoms with Crippen molar-refractivity contribution in [2.45, 2.75) is 12.9 Å². The zero-order valence-corrected chi connectivity index (χ0v) is 15.1. The predicted molar refractivity (Wildman–Crippen MR) is 103 cm³/mol. The number of fused-ring (bicyclic) bond motifs is 1. The first kappa shape index (κ1) is 19.8. The lowest BCUT2D eigenvalue weighted by Gasteiger charge is -2.12. The van der Waals surface area contributed by atoms with E-state index in [1.165, 1.54) is 12.1 Å². The molecule has 0 spiro atoms. The van der Waals surface area contributed by atoms with Crippen molar-refractivity contribution in [3.05, 3.63) is 84.4 Å². The van der Waals surface area contributed by atoms with Crippen LogP contribution < -0.4 is 14.8 Å². The van der Waals surface area contributed by atoms with Crippen LogP contribution in [0, 0.1) is 0 Å². The molecule has 1 N–H and O–H groups in total. The number of hydrogen-bond donors (Lipinski definition) is 1. The summed E-state index contributed by atoms with van der Waals surface area (Å²) in [5.74, 6) is 0.573. The third-order valence-corrected chi connectivity index (χ3v) is 4.04. The molecule has 146 valence electrons. The molecule has 0 amide bonds. The molecule has 0 aliphatic heterocycles. The van der Waals surface area contributed by atoms with Crippen molar-refractivity contribution >= 4 is 10.8 Å². The zero-order valence-electron chi connectivity index (χ0n) is 15.1. The number of nitrogens with one attached hydrogen (secondary N) is 1. The molecule has 3 nitrogen and oxygen atoms in total. The van der Waals surface area contributed by atoms with Gasteiger partial charge in [-0.25, -0.2) is 0 Å². The average Bonchev–Trinajstić information content (AvgIpc) is 2.66. The van der Waals surface area contributed by atoms with Crippen molar-refractivity contribution in [3.63, 3.8) is 0 Å². The summed E-state index contributed by atoms with van der Waals surface area (Å²) in [5, 5.41) is 5.36. The molecule has 0 aromatic heterocycles. The molecule has 3 aromatic carbocycles. The van der Waals surface area contributed by atoms with Gasteiger partial charge in [-0.15, -0.1) is 13.2 Å². The zero-order chi connectivity index (χ0) is 20.0. The molecule has 3 aromatic rings. The van der Waals surface area contributed by atoms with Gasteiger partial charge in [0, 0.05) is 18.5 Å². The SMILES string of the molecule is C=C(CNCc1ccc(OC(F)(F)F)cc1)COc1cccc2ccccc12. The second kappa shape index (κ2) is 8.80. The standard InChI is InChI=1S/C22H20F3NO2/c1-16(15-27-21-8-4-6-18-5-2-3-7-20(18)21)13-26-14-17-9-11-19(12-10-17)28-22(23,24)25/h2-12,26H,1,13-15H2. The number of hydrogen-bond acceptors (Lipinski definition) is 3. The van der Waals surface area contributed by atoms with E-state index in [0.29, 0.717) is 19.7 Å². The second-order valence-corrected chi connectivity index (χ2v) is 6.31. The number of benzene rings is 3. The summed E-state index contributed by atoms with van der Waals surface area (Å²) in [6.07, 6.45) is -4.68. The van der Waals surface area contributed by atoms with E-state index in [1.807, 2.05) is 42.5 Å². The Labute approximate surface area is 161 Å². The molecule has 0 unspecified atom stereocenters. The summed E-state index contributed by atoms with van der Waals surface area (Å²) < 4.78 is 46.2. The third-order valence-electron chi connectivity index (χ3n) is 4.04. The Kier molecular flexibility index (Phi) is 6.21. The molecule has 0 fully saturated rings. The van der Waals surface area contributed by atoms with E-state index in [0.717, 1.165) is 27.7 Å². The Morgan fingerprint density at radius 1 is 0.929 bits per heavy atom. The minimum atomic E-state index is -4.68. The molecule has 0 saturated heterocycles. The molecule has 0 radical (unpaired) electrons. The van der Waals surface area contributed by atoms with E-state index in [4.69, 9.17) is 4.74 Å². The maximum Gasteiger partial charge on any atom is 0.573 e. The topological polar surface area (TPSA) is 30.5 Å². The van der Waals surface area contributed by atoms with Crippen LogP contribution in [0.15, 0.2) is 78.9 Å². The van der Waals surface area contributed by atoms with Crippen LogP contribution in [0.3, 0.4) is 0 Å². The fourth-order valence-electron chi connectivity index (χ4n) is 2.74. The highest BCUT2D eigenvalue weighted by Crippen LogP contribution is 2.25. The van der Waals surface area contributed by atoms with Crippen LogP contribution in [0.25, 0.3) is 10.8 Å². The minimum absolute atomic E-state index is 0.232. The van der Waals surface area contributed by atoms with Gasteiger partial charge in [-0.2, -0.15) is 0 Å². The van der Waals surface area contributed by atoms with Crippen LogP contribution in [0.2, 0.25) is 0 Å². The van der Waals surface area contributed by atoms with Gasteiger partial charge in [0.25, 0.3) is 0 Å². The summed E-state index contributed by atoms with van der Waals surface area (Å²) in [7, 11) is 0. The fourth-order valence-corrected chi connectivity index (χ4v) is 2.74. The van der Waals surface area contributed by atoms with Gasteiger partial charge in [0.2, 0.25) is 0 Å². The van der Waals surface area contributed by atoms with Gasteiger partial charge in [-0.3, -0.25) is 0 Å². The van der Waals surface area contributed by atoms with Gasteiger partial charge >= 0.3 is 6.36 Å². The molecule has 6 heteroatoms. The maximum atomic E-state index is 12.2. The van der Waals surface area contributed by atoms with Crippen molar-refractivity contribution in [2.75, 3.05) is 13.2 Å². The molecule has 0 aliphatic carbocycles. The fraction of sp³-hybridized carbons (Fsp3) is 0.182. The Morgan fingerprint density at radius 2 is 1.64 bits per heavy atom. The highest BCUT2D eigenvalue weighted by molar-refractivity contribution is 5.88. The molecule has 3 rings (SSSR count). The summed E-state index contributed by atoms with van der Waals surface area (Å²) in [5.41, 5.74) is 1.71. The largest absolute Gasteiger partial charge is 0.573 e. The molecule has 28 heavy (non-hydrogen) atoms. The normalized spacial score (nSPS) is 11.4. The van der Waals surface area contributed by atoms with Crippen LogP contribution in [0.5, 0.6) is 11.5 Å². The number of halogens is 3. The first-order valence-corrected chi connectivity index (χ1v) is 8.73. The highest BCUT2D eigenvalue weighted by atomic mass is 19.4. The van der Waals surface area contributed by atoms with Crippen LogP contribution in [-0.4, -0.2) is 19.5 Å². The van der Waals surface area contributed by atoms with Gasteiger partial charge in [0.15, 0.2) is 0 Å². The Hall–Kier alpha value is -2.99. The van der Waals surface area contributed by atoms with E-state index in [-0.39, 0.29) is 5.75 Å². The monoisotopic (exact) mass is 387 g/mol. The van der Waals surface area contributed by atoms with Crippen molar-refractivity contribution in [2.24, 2.45) is 0 Å². The lowest BCUT2D eigenvalue weighted by Crippen LogP contribution is -2.19. The van der Waals surface area contributed by atoms with Crippen LogP contribution in [0.4, 0.5) is 13.2 Å². The average molecular weight is 387 g/mol. The summed E-state index contributed by atoms with van der Waals surface area (Å²) in [4.78, 5) is 0. The lowest BCUT2D eigenvalue weighted by atomic mass is 10.1. The van der Waals surface area contributed by atoms with E-state index in [9.17, 15) is 13.2 Å². The Bertz CT molecular complexity index is 931. The van der Waals surface area contributed by atoms with E-state index in [1.54, 1.807) is 12.1 Å². The first-order valence-electron chi connectivity index (χ1n) is 8.73. The number of ether oxygens (including phenoxy) is 2. The molecular formula is C22H20F3NO2. The van der Waals surface area contributed by atoms with Crippen molar-refractivity contribution < 1.29 is 22.6 Å². The van der Waals surface area contributed by atoms with Crippen LogP contribution >= 0.6 is 0 Å². The van der Waals surface area contributed by atoms with Crippen molar-refractivity contribution in [1.82, 2.24) is 5.32 Å². The molecule has 0 heterocycles. The van der Waals surface area contributed by atoms with E-state index < -0.39 is 6.36 Å². The molecular weight excluding hydrogens is 367 g/mol. The second-order valence-electron chi connectivity index (χ2n) is 6.31. The highest BCUT2D eigenvalue weighted by Gasteiger charge is 2.30. The molecule has 0 saturated carbocycles. The van der Waals surface area contributed by atoms with E-state index in [2.05, 4.69) is 16.6 Å². The Balaban J connectivity index is 1.44. The van der Waals surface area contributed by atoms with Gasteiger partial charge < -0.3 is 14.8 Å². The van der Waals surface area contributed by atoms with Crippen molar-refractivity contribution in [1.29, 1.82) is 0 Å². The molecule has 0 aliphatic rings. The first-order chi connectivity index (χ1) is 13.4. The van der Waals surface area contributed by atoms with Crippen molar-refractivity contribution in [3.8, 4) is 11.5 Å². The lowest BCUT2D eigenvalue weighted by molar-refractivity contribution is -0.274. The van der Waals surface area contributed by atoms with Gasteiger partial charge in [0.05, 0.1) is 0 Å². The van der Waals surface area contributed by atoms with Gasteiger partial charge in [0.1, 0.15) is 18.1 Å². The summed E-state index contributed by atoms with van der Waals surface area (Å²) in [6.45, 7) is 5.41. The Morgan fingerprint density at radius 3 is 2.39 bits per heavy atom. The third kappa shape index (κ3) is 5.76. The predicted octanol–water partition coefficient (Wildman–Crippen LogP) is 5.46. The van der Waals surface area contributed by atoms with Crippen LogP contribution in [-0.2, 0) is 6.54 Å². The summed E-state index contributed by atoms with van der Waals surface area (Å²) in [6, 6.07) is 19.7. The number of alkyl halides is 3. The molecule has 0 bridgehead atoms. The maximum absolute atomic E-state index is 12.2. The van der Waals surface area contributed by atoms with Gasteiger partial charge in [-0.05, 0) is 34.7 Å². The molecule has 0 atom stereocenters. The van der Waals surface area contributed by atoms with Crippen LogP contribution in [0.1, 0.15) is 5.56 Å². The minimum Gasteiger partial charge on any atom is -0.489 e. The summed E-state index contributed by atoms with van der Waals surface area (Å²) >= 11 is 0. The number of rotatable bonds is 8. The quantitative estimate of drug-likeness (QED) is 0.521. The van der Waals surface area contributed by atoms with Gasteiger partial charge in [-0.1, -0.05) is 55.1 Å².